The number of aromatic carboxylic acids is 1. The van der Waals surface area contributed by atoms with Crippen LogP contribution in [0.1, 0.15) is 81.0 Å². The van der Waals surface area contributed by atoms with Gasteiger partial charge in [-0.25, -0.2) is 4.79 Å². The summed E-state index contributed by atoms with van der Waals surface area (Å²) in [6.45, 7) is 10.8. The lowest BCUT2D eigenvalue weighted by Crippen LogP contribution is -2.60. The molecular weight excluding hydrogens is 350 g/mol. The zero-order chi connectivity index (χ0) is 20.5. The van der Waals surface area contributed by atoms with E-state index in [0.29, 0.717) is 5.56 Å². The molecule has 1 fully saturated rings. The molecule has 0 spiro atoms. The third kappa shape index (κ3) is 4.13. The number of piperidine rings is 1. The predicted octanol–water partition coefficient (Wildman–Crippen LogP) is 5.81. The molecule has 1 aliphatic rings. The highest BCUT2D eigenvalue weighted by Crippen LogP contribution is 2.47. The zero-order valence-corrected chi connectivity index (χ0v) is 17.5. The van der Waals surface area contributed by atoms with Crippen LogP contribution in [0.4, 0.5) is 0 Å². The summed E-state index contributed by atoms with van der Waals surface area (Å²) in [6.07, 6.45) is 1.62. The summed E-state index contributed by atoms with van der Waals surface area (Å²) in [5.74, 6) is -0.688. The zero-order valence-electron chi connectivity index (χ0n) is 17.5. The molecule has 2 aromatic rings. The molecule has 0 aromatic heterocycles. The molecule has 1 saturated heterocycles. The van der Waals surface area contributed by atoms with Gasteiger partial charge in [0.1, 0.15) is 6.10 Å². The van der Waals surface area contributed by atoms with Crippen molar-refractivity contribution in [1.82, 2.24) is 5.06 Å². The van der Waals surface area contributed by atoms with Crippen LogP contribution in [0.5, 0.6) is 0 Å². The van der Waals surface area contributed by atoms with Gasteiger partial charge in [-0.15, -0.1) is 0 Å². The molecule has 3 rings (SSSR count). The maximum atomic E-state index is 11.7. The number of carboxylic acids is 1. The van der Waals surface area contributed by atoms with Crippen molar-refractivity contribution >= 4 is 5.97 Å². The Kier molecular flexibility index (Phi) is 5.64. The number of carbonyl (C=O) groups is 1. The van der Waals surface area contributed by atoms with Gasteiger partial charge < -0.3 is 5.11 Å². The Morgan fingerprint density at radius 1 is 1.00 bits per heavy atom. The molecule has 4 nitrogen and oxygen atoms in total. The van der Waals surface area contributed by atoms with E-state index in [0.717, 1.165) is 24.0 Å². The molecular formula is C24H31NO3. The van der Waals surface area contributed by atoms with Crippen LogP contribution in [0.3, 0.4) is 0 Å². The minimum absolute atomic E-state index is 0.0531. The van der Waals surface area contributed by atoms with Crippen molar-refractivity contribution in [3.8, 4) is 0 Å². The number of benzene rings is 2. The van der Waals surface area contributed by atoms with Crippen LogP contribution in [0.25, 0.3) is 0 Å². The van der Waals surface area contributed by atoms with E-state index in [4.69, 9.17) is 4.84 Å². The van der Waals surface area contributed by atoms with E-state index in [9.17, 15) is 9.90 Å². The monoisotopic (exact) mass is 381 g/mol. The second kappa shape index (κ2) is 7.69. The Hall–Kier alpha value is -2.17. The quantitative estimate of drug-likeness (QED) is 0.709. The molecule has 1 heterocycles. The molecule has 1 aliphatic heterocycles. The lowest BCUT2D eigenvalue weighted by atomic mass is 9.72. The number of hydrogen-bond donors (Lipinski definition) is 1. The molecule has 150 valence electrons. The number of hydroxylamine groups is 2. The van der Waals surface area contributed by atoms with E-state index >= 15 is 0 Å². The topological polar surface area (TPSA) is 49.8 Å². The molecule has 4 heteroatoms. The van der Waals surface area contributed by atoms with E-state index < -0.39 is 5.97 Å². The van der Waals surface area contributed by atoms with E-state index in [-0.39, 0.29) is 23.1 Å². The predicted molar refractivity (Wildman–Crippen MR) is 111 cm³/mol. The van der Waals surface area contributed by atoms with Gasteiger partial charge in [-0.2, -0.15) is 5.06 Å². The van der Waals surface area contributed by atoms with Gasteiger partial charge in [-0.05, 0) is 70.6 Å². The standard InChI is InChI=1S/C24H31NO3/c1-17(18-11-7-6-8-12-18)28-25-23(2,3)15-19(16-24(25,4)5)20-13-9-10-14-21(20)22(26)27/h6-14,17,19H,15-16H2,1-5H3,(H,26,27). The van der Waals surface area contributed by atoms with Gasteiger partial charge >= 0.3 is 5.97 Å². The summed E-state index contributed by atoms with van der Waals surface area (Å²) in [6, 6.07) is 17.6. The van der Waals surface area contributed by atoms with Crippen molar-refractivity contribution in [3.63, 3.8) is 0 Å². The molecule has 1 unspecified atom stereocenters. The Balaban J connectivity index is 1.87. The van der Waals surface area contributed by atoms with Crippen molar-refractivity contribution in [2.45, 2.75) is 70.6 Å². The van der Waals surface area contributed by atoms with Gasteiger partial charge in [0.05, 0.1) is 5.56 Å². The number of rotatable bonds is 5. The maximum Gasteiger partial charge on any atom is 0.335 e. The Morgan fingerprint density at radius 2 is 1.54 bits per heavy atom. The SMILES string of the molecule is CC(ON1C(C)(C)CC(c2ccccc2C(=O)O)CC1(C)C)c1ccccc1. The number of nitrogens with zero attached hydrogens (tertiary/aromatic N) is 1. The third-order valence-corrected chi connectivity index (χ3v) is 5.75. The molecule has 0 radical (unpaired) electrons. The second-order valence-corrected chi connectivity index (χ2v) is 9.08. The first-order valence-electron chi connectivity index (χ1n) is 9.96. The average molecular weight is 382 g/mol. The van der Waals surface area contributed by atoms with E-state index in [1.807, 2.05) is 30.3 Å². The van der Waals surface area contributed by atoms with Gasteiger partial charge in [0.2, 0.25) is 0 Å². The average Bonchev–Trinajstić information content (AvgIpc) is 2.64. The van der Waals surface area contributed by atoms with Crippen molar-refractivity contribution < 1.29 is 14.7 Å². The summed E-state index contributed by atoms with van der Waals surface area (Å²) < 4.78 is 0. The highest BCUT2D eigenvalue weighted by atomic mass is 16.7. The van der Waals surface area contributed by atoms with Gasteiger partial charge in [0.25, 0.3) is 0 Å². The highest BCUT2D eigenvalue weighted by molar-refractivity contribution is 5.89. The summed E-state index contributed by atoms with van der Waals surface area (Å²) in [5.41, 5.74) is 2.01. The molecule has 1 atom stereocenters. The fourth-order valence-corrected chi connectivity index (χ4v) is 4.76. The minimum Gasteiger partial charge on any atom is -0.478 e. The van der Waals surface area contributed by atoms with Crippen molar-refractivity contribution in [1.29, 1.82) is 0 Å². The number of carboxylic acid groups (broad SMARTS) is 1. The number of hydrogen-bond acceptors (Lipinski definition) is 3. The summed E-state index contributed by atoms with van der Waals surface area (Å²) in [7, 11) is 0. The maximum absolute atomic E-state index is 11.7. The van der Waals surface area contributed by atoms with Gasteiger partial charge in [0, 0.05) is 11.1 Å². The largest absolute Gasteiger partial charge is 0.478 e. The van der Waals surface area contributed by atoms with Gasteiger partial charge in [-0.3, -0.25) is 4.84 Å². The van der Waals surface area contributed by atoms with Crippen LogP contribution < -0.4 is 0 Å². The van der Waals surface area contributed by atoms with E-state index in [1.54, 1.807) is 12.1 Å². The van der Waals surface area contributed by atoms with Crippen LogP contribution in [0.2, 0.25) is 0 Å². The Bertz CT molecular complexity index is 811. The van der Waals surface area contributed by atoms with E-state index in [2.05, 4.69) is 51.8 Å². The summed E-state index contributed by atoms with van der Waals surface area (Å²) >= 11 is 0. The van der Waals surface area contributed by atoms with E-state index in [1.165, 1.54) is 0 Å². The van der Waals surface area contributed by atoms with Crippen LogP contribution in [0, 0.1) is 0 Å². The first-order valence-corrected chi connectivity index (χ1v) is 9.96. The fourth-order valence-electron chi connectivity index (χ4n) is 4.76. The first kappa shape index (κ1) is 20.6. The van der Waals surface area contributed by atoms with Crippen molar-refractivity contribution in [2.24, 2.45) is 0 Å². The van der Waals surface area contributed by atoms with Crippen molar-refractivity contribution in [3.05, 3.63) is 71.3 Å². The Labute approximate surface area is 168 Å². The van der Waals surface area contributed by atoms with Crippen LogP contribution in [-0.2, 0) is 4.84 Å². The molecule has 0 aliphatic carbocycles. The molecule has 2 aromatic carbocycles. The van der Waals surface area contributed by atoms with Gasteiger partial charge in [-0.1, -0.05) is 48.5 Å². The van der Waals surface area contributed by atoms with Crippen LogP contribution in [-0.4, -0.2) is 27.2 Å². The third-order valence-electron chi connectivity index (χ3n) is 5.75. The Morgan fingerprint density at radius 3 is 2.11 bits per heavy atom. The first-order chi connectivity index (χ1) is 13.1. The fraction of sp³-hybridized carbons (Fsp3) is 0.458. The lowest BCUT2D eigenvalue weighted by molar-refractivity contribution is -0.306. The molecule has 0 bridgehead atoms. The highest BCUT2D eigenvalue weighted by Gasteiger charge is 2.48. The minimum atomic E-state index is -0.859. The summed E-state index contributed by atoms with van der Waals surface area (Å²) in [4.78, 5) is 18.2. The molecule has 1 N–H and O–H groups in total. The van der Waals surface area contributed by atoms with Crippen molar-refractivity contribution in [2.75, 3.05) is 0 Å². The molecule has 0 saturated carbocycles. The molecule has 28 heavy (non-hydrogen) atoms. The second-order valence-electron chi connectivity index (χ2n) is 9.08. The van der Waals surface area contributed by atoms with Gasteiger partial charge in [0.15, 0.2) is 0 Å². The smallest absolute Gasteiger partial charge is 0.335 e. The molecule has 0 amide bonds. The lowest BCUT2D eigenvalue weighted by Gasteiger charge is -2.54. The van der Waals surface area contributed by atoms with Crippen LogP contribution >= 0.6 is 0 Å². The van der Waals surface area contributed by atoms with Crippen LogP contribution in [0.15, 0.2) is 54.6 Å². The normalized spacial score (nSPS) is 20.6. The summed E-state index contributed by atoms with van der Waals surface area (Å²) in [5, 5.41) is 11.8.